The fourth-order valence-electron chi connectivity index (χ4n) is 4.82. The van der Waals surface area contributed by atoms with Crippen LogP contribution in [0.1, 0.15) is 63.3 Å². The van der Waals surface area contributed by atoms with E-state index in [1.54, 1.807) is 6.26 Å². The summed E-state index contributed by atoms with van der Waals surface area (Å²) >= 11 is 0. The monoisotopic (exact) mass is 567 g/mol. The highest BCUT2D eigenvalue weighted by Gasteiger charge is 2.29. The van der Waals surface area contributed by atoms with Gasteiger partial charge in [0.1, 0.15) is 11.5 Å². The number of aliphatic imine (C=N–C) groups is 1. The lowest BCUT2D eigenvalue weighted by molar-refractivity contribution is -0.0324. The van der Waals surface area contributed by atoms with Crippen molar-refractivity contribution in [1.82, 2.24) is 10.6 Å². The highest BCUT2D eigenvalue weighted by molar-refractivity contribution is 14.0. The van der Waals surface area contributed by atoms with E-state index in [9.17, 15) is 0 Å². The number of nitrogens with one attached hydrogen (secondary N) is 2. The van der Waals surface area contributed by atoms with E-state index in [1.807, 2.05) is 24.3 Å². The van der Waals surface area contributed by atoms with Crippen LogP contribution >= 0.6 is 24.0 Å². The highest BCUT2D eigenvalue weighted by atomic mass is 127. The largest absolute Gasteiger partial charge is 0.493 e. The van der Waals surface area contributed by atoms with Gasteiger partial charge in [-0.15, -0.1) is 24.0 Å². The molecule has 0 spiro atoms. The van der Waals surface area contributed by atoms with E-state index in [2.05, 4.69) is 36.6 Å². The Bertz CT molecular complexity index is 854. The van der Waals surface area contributed by atoms with E-state index in [4.69, 9.17) is 18.9 Å². The third kappa shape index (κ3) is 7.12. The van der Waals surface area contributed by atoms with Crippen molar-refractivity contribution in [3.05, 3.63) is 54.0 Å². The molecule has 6 nitrogen and oxygen atoms in total. The van der Waals surface area contributed by atoms with Gasteiger partial charge in [-0.05, 0) is 37.0 Å². The van der Waals surface area contributed by atoms with E-state index in [0.29, 0.717) is 31.2 Å². The van der Waals surface area contributed by atoms with Gasteiger partial charge in [-0.2, -0.15) is 0 Å². The second-order valence-corrected chi connectivity index (χ2v) is 8.78. The van der Waals surface area contributed by atoms with Crippen molar-refractivity contribution < 1.29 is 13.9 Å². The maximum Gasteiger partial charge on any atom is 0.191 e. The van der Waals surface area contributed by atoms with Gasteiger partial charge in [0.05, 0.1) is 25.0 Å². The summed E-state index contributed by atoms with van der Waals surface area (Å²) in [5.41, 5.74) is 1.20. The van der Waals surface area contributed by atoms with Gasteiger partial charge in [-0.3, -0.25) is 4.99 Å². The van der Waals surface area contributed by atoms with E-state index in [0.717, 1.165) is 62.6 Å². The first kappa shape index (κ1) is 25.9. The molecule has 1 saturated heterocycles. The van der Waals surface area contributed by atoms with Crippen molar-refractivity contribution in [3.8, 4) is 5.75 Å². The highest BCUT2D eigenvalue weighted by Crippen LogP contribution is 2.31. The quantitative estimate of drug-likeness (QED) is 0.251. The van der Waals surface area contributed by atoms with Crippen LogP contribution in [0.4, 0.5) is 0 Å². The molecule has 1 aromatic heterocycles. The lowest BCUT2D eigenvalue weighted by atomic mass is 9.89. The van der Waals surface area contributed by atoms with E-state index >= 15 is 0 Å². The molecule has 2 N–H and O–H groups in total. The Morgan fingerprint density at radius 2 is 1.91 bits per heavy atom. The number of halogens is 1. The molecule has 1 aromatic carbocycles. The first-order valence-corrected chi connectivity index (χ1v) is 12.2. The van der Waals surface area contributed by atoms with Gasteiger partial charge in [-0.1, -0.05) is 44.9 Å². The molecule has 2 aliphatic heterocycles. The first-order valence-electron chi connectivity index (χ1n) is 12.2. The number of nitrogens with zero attached hydrogens (tertiary/aromatic N) is 1. The summed E-state index contributed by atoms with van der Waals surface area (Å²) < 4.78 is 17.5. The molecule has 182 valence electrons. The number of guanidine groups is 1. The Labute approximate surface area is 214 Å². The number of benzene rings is 1. The zero-order valence-corrected chi connectivity index (χ0v) is 22.1. The third-order valence-electron chi connectivity index (χ3n) is 6.71. The molecule has 3 heterocycles. The maximum absolute atomic E-state index is 6.13. The summed E-state index contributed by atoms with van der Waals surface area (Å²) in [5.74, 6) is 3.41. The molecule has 0 bridgehead atoms. The van der Waals surface area contributed by atoms with E-state index < -0.39 is 0 Å². The van der Waals surface area contributed by atoms with Crippen LogP contribution < -0.4 is 15.4 Å². The van der Waals surface area contributed by atoms with Crippen LogP contribution in [-0.2, 0) is 11.2 Å². The van der Waals surface area contributed by atoms with Crippen LogP contribution in [0.25, 0.3) is 0 Å². The SMILES string of the molecule is CCC(CC)C1CC(NC(=NCCc2ccco2)NC2CCOc3ccccc32)CCO1.I. The minimum absolute atomic E-state index is 0. The van der Waals surface area contributed by atoms with Crippen LogP contribution in [0.2, 0.25) is 0 Å². The summed E-state index contributed by atoms with van der Waals surface area (Å²) in [7, 11) is 0. The van der Waals surface area contributed by atoms with Crippen molar-refractivity contribution in [2.75, 3.05) is 19.8 Å². The van der Waals surface area contributed by atoms with Gasteiger partial charge in [0.15, 0.2) is 5.96 Å². The second kappa shape index (κ2) is 13.2. The summed E-state index contributed by atoms with van der Waals surface area (Å²) in [6.45, 7) is 6.72. The molecular weight excluding hydrogens is 529 g/mol. The molecule has 0 amide bonds. The van der Waals surface area contributed by atoms with Crippen molar-refractivity contribution in [2.24, 2.45) is 10.9 Å². The molecule has 0 aliphatic carbocycles. The fourth-order valence-corrected chi connectivity index (χ4v) is 4.82. The normalized spacial score (nSPS) is 22.8. The molecule has 3 unspecified atom stereocenters. The second-order valence-electron chi connectivity index (χ2n) is 8.78. The van der Waals surface area contributed by atoms with Gasteiger partial charge < -0.3 is 24.5 Å². The average Bonchev–Trinajstić information content (AvgIpc) is 3.34. The van der Waals surface area contributed by atoms with Crippen LogP contribution in [0.15, 0.2) is 52.1 Å². The Hall–Kier alpha value is -1.74. The standard InChI is InChI=1S/C26H37N3O3.HI/c1-3-19(4-2)25-18-20(12-16-32-25)28-26(27-14-11-21-8-7-15-30-21)29-23-13-17-31-24-10-6-5-9-22(23)24;/h5-10,15,19-20,23,25H,3-4,11-14,16-18H2,1-2H3,(H2,27,28,29);1H. The Kier molecular flexibility index (Phi) is 10.4. The van der Waals surface area contributed by atoms with Gasteiger partial charge in [0.25, 0.3) is 0 Å². The van der Waals surface area contributed by atoms with Crippen molar-refractivity contribution in [2.45, 2.75) is 70.6 Å². The molecule has 0 radical (unpaired) electrons. The number of ether oxygens (including phenoxy) is 2. The van der Waals surface area contributed by atoms with Crippen molar-refractivity contribution in [1.29, 1.82) is 0 Å². The van der Waals surface area contributed by atoms with Crippen molar-refractivity contribution in [3.63, 3.8) is 0 Å². The Morgan fingerprint density at radius 3 is 2.70 bits per heavy atom. The molecule has 2 aromatic rings. The molecule has 0 saturated carbocycles. The van der Waals surface area contributed by atoms with E-state index in [-0.39, 0.29) is 30.0 Å². The zero-order chi connectivity index (χ0) is 22.2. The zero-order valence-electron chi connectivity index (χ0n) is 19.8. The summed E-state index contributed by atoms with van der Waals surface area (Å²) in [4.78, 5) is 4.92. The van der Waals surface area contributed by atoms with Crippen LogP contribution in [0.5, 0.6) is 5.75 Å². The number of hydrogen-bond acceptors (Lipinski definition) is 4. The van der Waals surface area contributed by atoms with E-state index in [1.165, 1.54) is 5.56 Å². The minimum atomic E-state index is 0. The number of hydrogen-bond donors (Lipinski definition) is 2. The van der Waals surface area contributed by atoms with Gasteiger partial charge in [-0.25, -0.2) is 0 Å². The molecule has 33 heavy (non-hydrogen) atoms. The fraction of sp³-hybridized carbons (Fsp3) is 0.577. The topological polar surface area (TPSA) is 68.0 Å². The van der Waals surface area contributed by atoms with Crippen LogP contribution in [0, 0.1) is 5.92 Å². The number of furan rings is 1. The van der Waals surface area contributed by atoms with Gasteiger partial charge in [0.2, 0.25) is 0 Å². The van der Waals surface area contributed by atoms with Gasteiger partial charge >= 0.3 is 0 Å². The molecular formula is C26H38IN3O3. The average molecular weight is 568 g/mol. The Morgan fingerprint density at radius 1 is 1.06 bits per heavy atom. The van der Waals surface area contributed by atoms with Crippen molar-refractivity contribution >= 4 is 29.9 Å². The number of rotatable bonds is 8. The third-order valence-corrected chi connectivity index (χ3v) is 6.71. The molecule has 2 aliphatic rings. The van der Waals surface area contributed by atoms with Crippen LogP contribution in [0.3, 0.4) is 0 Å². The minimum Gasteiger partial charge on any atom is -0.493 e. The number of fused-ring (bicyclic) bond motifs is 1. The molecule has 7 heteroatoms. The predicted molar refractivity (Wildman–Crippen MR) is 143 cm³/mol. The summed E-state index contributed by atoms with van der Waals surface area (Å²) in [6.07, 6.45) is 8.09. The van der Waals surface area contributed by atoms with Gasteiger partial charge in [0, 0.05) is 37.6 Å². The van der Waals surface area contributed by atoms with Crippen LogP contribution in [-0.4, -0.2) is 37.9 Å². The first-order chi connectivity index (χ1) is 15.8. The maximum atomic E-state index is 6.13. The predicted octanol–water partition coefficient (Wildman–Crippen LogP) is 5.48. The number of para-hydroxylation sites is 1. The molecule has 3 atom stereocenters. The lowest BCUT2D eigenvalue weighted by Gasteiger charge is -2.36. The smallest absolute Gasteiger partial charge is 0.191 e. The summed E-state index contributed by atoms with van der Waals surface area (Å²) in [6, 6.07) is 12.8. The summed E-state index contributed by atoms with van der Waals surface area (Å²) in [5, 5.41) is 7.43. The Balaban J connectivity index is 0.00000306. The lowest BCUT2D eigenvalue weighted by Crippen LogP contribution is -2.49. The molecule has 1 fully saturated rings. The molecule has 4 rings (SSSR count).